The van der Waals surface area contributed by atoms with Gasteiger partial charge >= 0.3 is 11.9 Å². The lowest BCUT2D eigenvalue weighted by Crippen LogP contribution is -2.65. The molecule has 0 saturated carbocycles. The second-order valence-electron chi connectivity index (χ2n) is 7.40. The first-order valence-electron chi connectivity index (χ1n) is 8.87. The van der Waals surface area contributed by atoms with Crippen molar-refractivity contribution in [2.45, 2.75) is 71.9 Å². The number of hydrogen-bond donors (Lipinski definition) is 1. The molecule has 1 unspecified atom stereocenters. The molecule has 152 valence electrons. The Labute approximate surface area is 156 Å². The van der Waals surface area contributed by atoms with E-state index in [1.165, 1.54) is 6.08 Å². The lowest BCUT2D eigenvalue weighted by Gasteiger charge is -2.22. The van der Waals surface area contributed by atoms with Crippen molar-refractivity contribution in [2.24, 2.45) is 11.8 Å². The molecule has 26 heavy (non-hydrogen) atoms. The van der Waals surface area contributed by atoms with E-state index < -0.39 is 17.6 Å². The van der Waals surface area contributed by atoms with Crippen LogP contribution in [0.1, 0.15) is 60.3 Å². The highest BCUT2D eigenvalue weighted by Gasteiger charge is 2.31. The van der Waals surface area contributed by atoms with Crippen molar-refractivity contribution in [3.63, 3.8) is 0 Å². The van der Waals surface area contributed by atoms with Crippen LogP contribution in [0.2, 0.25) is 0 Å². The Morgan fingerprint density at radius 3 is 2.27 bits per heavy atom. The maximum Gasteiger partial charge on any atom is 0.309 e. The van der Waals surface area contributed by atoms with Crippen LogP contribution < -0.4 is 5.73 Å². The number of rotatable bonds is 11. The number of carbonyl (C=O) groups excluding carboxylic acids is 3. The lowest BCUT2D eigenvalue weighted by molar-refractivity contribution is -0.404. The van der Waals surface area contributed by atoms with Crippen molar-refractivity contribution < 1.29 is 35.1 Å². The highest BCUT2D eigenvalue weighted by atomic mass is 16.6. The van der Waals surface area contributed by atoms with Crippen molar-refractivity contribution in [2.75, 3.05) is 6.61 Å². The summed E-state index contributed by atoms with van der Waals surface area (Å²) in [7, 11) is 0. The molecule has 0 aromatic carbocycles. The molecule has 0 aromatic rings. The molecular weight excluding hydrogens is 338 g/mol. The first-order chi connectivity index (χ1) is 11.5. The fourth-order valence-corrected chi connectivity index (χ4v) is 2.28. The van der Waals surface area contributed by atoms with Gasteiger partial charge in [-0.25, -0.2) is 0 Å². The Bertz CT molecular complexity index is 469. The molecule has 0 bridgehead atoms. The molecule has 7 nitrogen and oxygen atoms in total. The molecule has 0 aromatic heterocycles. The van der Waals surface area contributed by atoms with Crippen molar-refractivity contribution in [1.82, 2.24) is 0 Å². The van der Waals surface area contributed by atoms with Crippen LogP contribution in [-0.2, 0) is 23.9 Å². The summed E-state index contributed by atoms with van der Waals surface area (Å²) in [4.78, 5) is 36.3. The topological polar surface area (TPSA) is 129 Å². The number of carbonyl (C=O) groups is 3. The Balaban J connectivity index is 0. The van der Waals surface area contributed by atoms with E-state index in [1.54, 1.807) is 20.8 Å². The fraction of sp³-hybridized carbons (Fsp3) is 0.737. The van der Waals surface area contributed by atoms with Gasteiger partial charge in [0.2, 0.25) is 0 Å². The van der Waals surface area contributed by atoms with E-state index in [2.05, 4.69) is 12.3 Å². The molecule has 0 heterocycles. The van der Waals surface area contributed by atoms with Gasteiger partial charge in [0.15, 0.2) is 5.78 Å². The van der Waals surface area contributed by atoms with E-state index in [1.807, 2.05) is 13.8 Å². The van der Waals surface area contributed by atoms with Crippen LogP contribution in [0, 0.1) is 11.8 Å². The maximum atomic E-state index is 12.4. The van der Waals surface area contributed by atoms with Crippen LogP contribution in [0.3, 0.4) is 0 Å². The third-order valence-electron chi connectivity index (χ3n) is 3.97. The van der Waals surface area contributed by atoms with Crippen LogP contribution in [0.15, 0.2) is 12.7 Å². The molecular formula is C19H36NO6+. The summed E-state index contributed by atoms with van der Waals surface area (Å²) in [6.45, 7) is 12.9. The molecule has 0 saturated heterocycles. The molecule has 0 aliphatic heterocycles. The third-order valence-corrected chi connectivity index (χ3v) is 3.97. The number of esters is 2. The summed E-state index contributed by atoms with van der Waals surface area (Å²) >= 11 is 0. The van der Waals surface area contributed by atoms with E-state index in [9.17, 15) is 14.4 Å². The van der Waals surface area contributed by atoms with Crippen molar-refractivity contribution in [3.8, 4) is 0 Å². The number of quaternary nitrogens is 1. The van der Waals surface area contributed by atoms with Crippen molar-refractivity contribution in [3.05, 3.63) is 12.7 Å². The molecule has 0 rings (SSSR count). The van der Waals surface area contributed by atoms with Crippen LogP contribution in [0.4, 0.5) is 0 Å². The van der Waals surface area contributed by atoms with Gasteiger partial charge in [-0.15, -0.1) is 0 Å². The summed E-state index contributed by atoms with van der Waals surface area (Å²) < 4.78 is 10.3. The minimum absolute atomic E-state index is 0. The van der Waals surface area contributed by atoms with Crippen molar-refractivity contribution in [1.29, 1.82) is 0 Å². The second-order valence-corrected chi connectivity index (χ2v) is 7.40. The minimum atomic E-state index is -0.550. The Kier molecular flexibility index (Phi) is 12.8. The summed E-state index contributed by atoms with van der Waals surface area (Å²) in [6.07, 6.45) is 2.78. The summed E-state index contributed by atoms with van der Waals surface area (Å²) in [6, 6.07) is -0.550. The van der Waals surface area contributed by atoms with Crippen LogP contribution in [0.25, 0.3) is 0 Å². The molecule has 0 amide bonds. The van der Waals surface area contributed by atoms with Gasteiger partial charge in [0.25, 0.3) is 0 Å². The van der Waals surface area contributed by atoms with Crippen LogP contribution >= 0.6 is 0 Å². The van der Waals surface area contributed by atoms with Gasteiger partial charge < -0.3 is 20.7 Å². The highest BCUT2D eigenvalue weighted by molar-refractivity contribution is 5.87. The predicted molar refractivity (Wildman–Crippen MR) is 99.1 cm³/mol. The second kappa shape index (κ2) is 12.6. The number of ketones is 1. The number of Topliss-reactive ketones (excluding diaryl/α,β-unsaturated/α-hetero) is 1. The van der Waals surface area contributed by atoms with Crippen LogP contribution in [0.5, 0.6) is 0 Å². The summed E-state index contributed by atoms with van der Waals surface area (Å²) in [5, 5.41) is 0. The monoisotopic (exact) mass is 374 g/mol. The lowest BCUT2D eigenvalue weighted by atomic mass is 9.85. The summed E-state index contributed by atoms with van der Waals surface area (Å²) in [5.74, 6) is -1.34. The van der Waals surface area contributed by atoms with Crippen LogP contribution in [-0.4, -0.2) is 41.4 Å². The SMILES string of the molecule is C=CCOC(=O)[C@H](CC(=O)[C@@H]([NH3+])CCC(=O)OC(C)(C)C)C(C)CC.O. The van der Waals surface area contributed by atoms with Crippen molar-refractivity contribution >= 4 is 17.7 Å². The Morgan fingerprint density at radius 2 is 1.81 bits per heavy atom. The molecule has 0 fully saturated rings. The largest absolute Gasteiger partial charge is 0.461 e. The number of hydrogen-bond acceptors (Lipinski definition) is 5. The maximum absolute atomic E-state index is 12.4. The molecule has 0 radical (unpaired) electrons. The van der Waals surface area contributed by atoms with E-state index in [4.69, 9.17) is 9.47 Å². The zero-order valence-corrected chi connectivity index (χ0v) is 16.8. The van der Waals surface area contributed by atoms with E-state index in [-0.39, 0.29) is 48.6 Å². The van der Waals surface area contributed by atoms with Gasteiger partial charge in [-0.05, 0) is 26.7 Å². The van der Waals surface area contributed by atoms with Gasteiger partial charge in [0, 0.05) is 12.8 Å². The predicted octanol–water partition coefficient (Wildman–Crippen LogP) is 1.24. The van der Waals surface area contributed by atoms with E-state index in [0.717, 1.165) is 6.42 Å². The fourth-order valence-electron chi connectivity index (χ4n) is 2.28. The van der Waals surface area contributed by atoms with Gasteiger partial charge in [-0.3, -0.25) is 14.4 Å². The Morgan fingerprint density at radius 1 is 1.23 bits per heavy atom. The van der Waals surface area contributed by atoms with Gasteiger partial charge in [-0.2, -0.15) is 0 Å². The first kappa shape index (κ1) is 26.5. The zero-order valence-electron chi connectivity index (χ0n) is 16.8. The summed E-state index contributed by atoms with van der Waals surface area (Å²) in [5.41, 5.74) is 3.29. The number of ether oxygens (including phenoxy) is 2. The van der Waals surface area contributed by atoms with Gasteiger partial charge in [0.05, 0.1) is 12.3 Å². The molecule has 5 N–H and O–H groups in total. The molecule has 0 spiro atoms. The van der Waals surface area contributed by atoms with E-state index in [0.29, 0.717) is 6.42 Å². The first-order valence-corrected chi connectivity index (χ1v) is 8.87. The normalized spacial score (nSPS) is 14.4. The quantitative estimate of drug-likeness (QED) is 0.430. The van der Waals surface area contributed by atoms with E-state index >= 15 is 0 Å². The molecule has 0 aliphatic carbocycles. The highest BCUT2D eigenvalue weighted by Crippen LogP contribution is 2.22. The smallest absolute Gasteiger partial charge is 0.309 e. The average molecular weight is 374 g/mol. The molecule has 0 aliphatic rings. The standard InChI is InChI=1S/C19H33NO5.H2O/c1-7-11-24-18(23)14(13(3)8-2)12-16(21)15(20)9-10-17(22)25-19(4,5)6;/h7,13-15H,1,8-12,20H2,2-6H3;1H2/p+1/t13?,14-,15+;/m1./s1. The van der Waals surface area contributed by atoms with Gasteiger partial charge in [-0.1, -0.05) is 32.9 Å². The third kappa shape index (κ3) is 11.0. The molecule has 7 heteroatoms. The minimum Gasteiger partial charge on any atom is -0.461 e. The molecule has 3 atom stereocenters. The Hall–Kier alpha value is -1.73. The van der Waals surface area contributed by atoms with Gasteiger partial charge in [0.1, 0.15) is 18.2 Å². The average Bonchev–Trinajstić information content (AvgIpc) is 2.52. The zero-order chi connectivity index (χ0) is 19.6.